The molecule has 0 spiro atoms. The quantitative estimate of drug-likeness (QED) is 0.360. The number of nitro groups is 1. The molecule has 7 nitrogen and oxygen atoms in total. The van der Waals surface area contributed by atoms with Gasteiger partial charge in [-0.2, -0.15) is 0 Å². The van der Waals surface area contributed by atoms with E-state index in [-0.39, 0.29) is 17.3 Å². The van der Waals surface area contributed by atoms with Gasteiger partial charge in [0.15, 0.2) is 0 Å². The highest BCUT2D eigenvalue weighted by atomic mass is 16.6. The van der Waals surface area contributed by atoms with Crippen LogP contribution in [0.1, 0.15) is 0 Å². The summed E-state index contributed by atoms with van der Waals surface area (Å²) in [5.74, 6) is -0.315. The molecule has 1 aromatic rings. The van der Waals surface area contributed by atoms with Crippen LogP contribution in [0.4, 0.5) is 17.3 Å². The number of aromatic amines is 1. The number of H-pyrrole nitrogens is 1. The van der Waals surface area contributed by atoms with Crippen molar-refractivity contribution in [3.63, 3.8) is 0 Å². The molecule has 0 aromatic carbocycles. The topological polar surface area (TPSA) is 124 Å². The van der Waals surface area contributed by atoms with E-state index in [4.69, 9.17) is 11.5 Å². The number of nitrogen functional groups attached to an aromatic ring is 2. The van der Waals surface area contributed by atoms with Crippen LogP contribution in [0.5, 0.6) is 0 Å². The molecule has 1 heterocycles. The lowest BCUT2D eigenvalue weighted by molar-refractivity contribution is -0.382. The summed E-state index contributed by atoms with van der Waals surface area (Å²) in [5, 5.41) is 15.6. The average molecular weight is 143 g/mol. The van der Waals surface area contributed by atoms with E-state index in [9.17, 15) is 10.1 Å². The summed E-state index contributed by atoms with van der Waals surface area (Å²) < 4.78 is 0. The van der Waals surface area contributed by atoms with Gasteiger partial charge < -0.3 is 11.5 Å². The minimum atomic E-state index is -0.686. The fourth-order valence-electron chi connectivity index (χ4n) is 0.556. The number of aromatic nitrogens is 2. The number of nitrogens with two attached hydrogens (primary N) is 2. The molecule has 1 rings (SSSR count). The van der Waals surface area contributed by atoms with Crippen LogP contribution in [0, 0.1) is 10.1 Å². The average Bonchev–Trinajstić information content (AvgIpc) is 2.11. The smallest absolute Gasteiger partial charge is 0.353 e. The molecule has 0 radical (unpaired) electrons. The Bertz CT molecular complexity index is 246. The zero-order valence-corrected chi connectivity index (χ0v) is 4.87. The van der Waals surface area contributed by atoms with Crippen molar-refractivity contribution in [2.24, 2.45) is 0 Å². The number of hydrogen-bond acceptors (Lipinski definition) is 5. The maximum absolute atomic E-state index is 10.1. The molecule has 0 saturated heterocycles. The van der Waals surface area contributed by atoms with Crippen molar-refractivity contribution in [3.8, 4) is 0 Å². The second-order valence-electron chi connectivity index (χ2n) is 1.63. The lowest BCUT2D eigenvalue weighted by atomic mass is 10.5. The summed E-state index contributed by atoms with van der Waals surface area (Å²) in [6, 6.07) is 0. The third kappa shape index (κ3) is 0.729. The van der Waals surface area contributed by atoms with Gasteiger partial charge in [0.05, 0.1) is 4.92 Å². The van der Waals surface area contributed by atoms with Gasteiger partial charge in [-0.3, -0.25) is 15.2 Å². The zero-order chi connectivity index (χ0) is 7.72. The highest BCUT2D eigenvalue weighted by molar-refractivity contribution is 5.65. The van der Waals surface area contributed by atoms with Crippen LogP contribution in [-0.2, 0) is 0 Å². The van der Waals surface area contributed by atoms with Gasteiger partial charge in [0, 0.05) is 0 Å². The van der Waals surface area contributed by atoms with E-state index in [1.54, 1.807) is 0 Å². The molecule has 0 unspecified atom stereocenters. The molecule has 0 fully saturated rings. The third-order valence-corrected chi connectivity index (χ3v) is 0.977. The van der Waals surface area contributed by atoms with Gasteiger partial charge in [0.25, 0.3) is 0 Å². The summed E-state index contributed by atoms with van der Waals surface area (Å²) in [7, 11) is 0. The van der Waals surface area contributed by atoms with Crippen molar-refractivity contribution >= 4 is 17.3 Å². The van der Waals surface area contributed by atoms with E-state index >= 15 is 0 Å². The van der Waals surface area contributed by atoms with Crippen LogP contribution < -0.4 is 11.5 Å². The number of rotatable bonds is 1. The van der Waals surface area contributed by atoms with E-state index in [0.717, 1.165) is 0 Å². The van der Waals surface area contributed by atoms with Crippen LogP contribution >= 0.6 is 0 Å². The van der Waals surface area contributed by atoms with Gasteiger partial charge >= 0.3 is 5.69 Å². The minimum Gasteiger partial charge on any atom is -0.378 e. The Kier molecular flexibility index (Phi) is 1.18. The molecular weight excluding hydrogens is 138 g/mol. The normalized spacial score (nSPS) is 9.60. The molecule has 0 aliphatic carbocycles. The van der Waals surface area contributed by atoms with E-state index in [2.05, 4.69) is 10.2 Å². The second-order valence-corrected chi connectivity index (χ2v) is 1.63. The molecule has 54 valence electrons. The Morgan fingerprint density at radius 1 is 1.60 bits per heavy atom. The van der Waals surface area contributed by atoms with Crippen molar-refractivity contribution in [3.05, 3.63) is 10.1 Å². The number of nitrogens with zero attached hydrogens (tertiary/aromatic N) is 2. The number of nitrogens with one attached hydrogen (secondary N) is 1. The fourth-order valence-corrected chi connectivity index (χ4v) is 0.556. The van der Waals surface area contributed by atoms with Gasteiger partial charge in [-0.15, -0.1) is 5.10 Å². The minimum absolute atomic E-state index is 0.123. The van der Waals surface area contributed by atoms with Crippen molar-refractivity contribution in [2.45, 2.75) is 0 Å². The van der Waals surface area contributed by atoms with Crippen LogP contribution in [0.15, 0.2) is 0 Å². The summed E-state index contributed by atoms with van der Waals surface area (Å²) >= 11 is 0. The van der Waals surface area contributed by atoms with Gasteiger partial charge in [0.1, 0.15) is 0 Å². The van der Waals surface area contributed by atoms with Crippen LogP contribution in [0.3, 0.4) is 0 Å². The lowest BCUT2D eigenvalue weighted by Crippen LogP contribution is -1.95. The highest BCUT2D eigenvalue weighted by Crippen LogP contribution is 2.23. The van der Waals surface area contributed by atoms with Crippen LogP contribution in [-0.4, -0.2) is 15.1 Å². The summed E-state index contributed by atoms with van der Waals surface area (Å²) in [5.41, 5.74) is 9.82. The summed E-state index contributed by atoms with van der Waals surface area (Å²) in [6.07, 6.45) is 0. The predicted octanol–water partition coefficient (Wildman–Crippen LogP) is -0.518. The van der Waals surface area contributed by atoms with E-state index in [0.29, 0.717) is 0 Å². The molecule has 0 amide bonds. The molecule has 5 N–H and O–H groups in total. The molecule has 0 bridgehead atoms. The first-order valence-corrected chi connectivity index (χ1v) is 2.36. The van der Waals surface area contributed by atoms with Crippen molar-refractivity contribution in [1.29, 1.82) is 0 Å². The molecule has 1 aromatic heterocycles. The number of anilines is 2. The standard InChI is InChI=1S/C3H5N5O2/c4-2-1(8(9)10)3(5)7-6-2/h(H5,4,5,6,7). The van der Waals surface area contributed by atoms with Crippen molar-refractivity contribution in [1.82, 2.24) is 10.2 Å². The Morgan fingerprint density at radius 2 is 2.20 bits per heavy atom. The van der Waals surface area contributed by atoms with Crippen molar-refractivity contribution in [2.75, 3.05) is 11.5 Å². The van der Waals surface area contributed by atoms with Crippen LogP contribution in [0.2, 0.25) is 0 Å². The SMILES string of the molecule is Nc1n[nH]c(N)c1[N+](=O)[O-]. The first-order chi connectivity index (χ1) is 4.63. The molecule has 0 saturated carbocycles. The zero-order valence-electron chi connectivity index (χ0n) is 4.87. The summed E-state index contributed by atoms with van der Waals surface area (Å²) in [6.45, 7) is 0. The van der Waals surface area contributed by atoms with Gasteiger partial charge in [-0.05, 0) is 0 Å². The van der Waals surface area contributed by atoms with Crippen molar-refractivity contribution < 1.29 is 4.92 Å². The van der Waals surface area contributed by atoms with E-state index < -0.39 is 4.92 Å². The van der Waals surface area contributed by atoms with E-state index in [1.165, 1.54) is 0 Å². The molecule has 0 aliphatic heterocycles. The van der Waals surface area contributed by atoms with Crippen LogP contribution in [0.25, 0.3) is 0 Å². The van der Waals surface area contributed by atoms with Gasteiger partial charge in [-0.25, -0.2) is 0 Å². The molecular formula is C3H5N5O2. The molecule has 0 atom stereocenters. The van der Waals surface area contributed by atoms with E-state index in [1.807, 2.05) is 0 Å². The largest absolute Gasteiger partial charge is 0.378 e. The molecule has 0 aliphatic rings. The third-order valence-electron chi connectivity index (χ3n) is 0.977. The first kappa shape index (κ1) is 6.33. The monoisotopic (exact) mass is 143 g/mol. The Balaban J connectivity index is 3.23. The molecule has 10 heavy (non-hydrogen) atoms. The first-order valence-electron chi connectivity index (χ1n) is 2.36. The Labute approximate surface area is 55.2 Å². The Hall–Kier alpha value is -1.79. The van der Waals surface area contributed by atoms with Gasteiger partial charge in [0.2, 0.25) is 11.6 Å². The second kappa shape index (κ2) is 1.87. The fraction of sp³-hybridized carbons (Fsp3) is 0. The predicted molar refractivity (Wildman–Crippen MR) is 34.1 cm³/mol. The summed E-state index contributed by atoms with van der Waals surface area (Å²) in [4.78, 5) is 9.40. The lowest BCUT2D eigenvalue weighted by Gasteiger charge is -1.85. The maximum Gasteiger partial charge on any atom is 0.353 e. The number of hydrogen-bond donors (Lipinski definition) is 3. The maximum atomic E-state index is 10.1. The Morgan fingerprint density at radius 3 is 2.40 bits per heavy atom. The van der Waals surface area contributed by atoms with Gasteiger partial charge in [-0.1, -0.05) is 0 Å². The highest BCUT2D eigenvalue weighted by Gasteiger charge is 2.19. The molecule has 7 heteroatoms.